The zero-order valence-electron chi connectivity index (χ0n) is 19.6. The Morgan fingerprint density at radius 3 is 2.44 bits per heavy atom. The van der Waals surface area contributed by atoms with Gasteiger partial charge in [-0.1, -0.05) is 35.9 Å². The quantitative estimate of drug-likeness (QED) is 0.335. The maximum Gasteiger partial charge on any atom is 0.225 e. The number of halogens is 1. The molecule has 2 aromatic heterocycles. The van der Waals surface area contributed by atoms with E-state index < -0.39 is 0 Å². The first-order chi connectivity index (χ1) is 16.6. The monoisotopic (exact) mass is 475 g/mol. The molecular formula is C27H30ClN5O. The molecule has 1 saturated carbocycles. The summed E-state index contributed by atoms with van der Waals surface area (Å²) in [7, 11) is 4.04. The smallest absolute Gasteiger partial charge is 0.225 e. The normalized spacial score (nSPS) is 18.2. The van der Waals surface area contributed by atoms with Gasteiger partial charge in [0.05, 0.1) is 17.1 Å². The number of furan rings is 1. The predicted octanol–water partition coefficient (Wildman–Crippen LogP) is 6.12. The summed E-state index contributed by atoms with van der Waals surface area (Å²) >= 11 is 6.30. The lowest BCUT2D eigenvalue weighted by molar-refractivity contribution is 0.341. The lowest BCUT2D eigenvalue weighted by Crippen LogP contribution is -2.36. The summed E-state index contributed by atoms with van der Waals surface area (Å²) in [6, 6.07) is 20.8. The molecule has 0 unspecified atom stereocenters. The van der Waals surface area contributed by atoms with Crippen LogP contribution in [0.2, 0.25) is 5.02 Å². The lowest BCUT2D eigenvalue weighted by atomic mass is 9.91. The number of nitrogens with zero attached hydrogens (tertiary/aromatic N) is 3. The zero-order valence-corrected chi connectivity index (χ0v) is 20.3. The topological polar surface area (TPSA) is 66.2 Å². The minimum absolute atomic E-state index is 0.379. The fraction of sp³-hybridized carbons (Fsp3) is 0.333. The van der Waals surface area contributed by atoms with Crippen LogP contribution in [0.15, 0.2) is 65.1 Å². The van der Waals surface area contributed by atoms with Crippen LogP contribution in [-0.2, 0) is 6.54 Å². The van der Waals surface area contributed by atoms with Crippen molar-refractivity contribution in [2.45, 2.75) is 44.3 Å². The molecule has 176 valence electrons. The second-order valence-corrected chi connectivity index (χ2v) is 9.51. The van der Waals surface area contributed by atoms with Gasteiger partial charge in [-0.2, -0.15) is 4.98 Å². The molecule has 4 aromatic rings. The van der Waals surface area contributed by atoms with Crippen molar-refractivity contribution >= 4 is 34.3 Å². The molecule has 2 aromatic carbocycles. The standard InChI is InChI=1S/C27H30ClN5O/c1-33(2)26-22-8-4-6-10-24(22)31-27(32-26)30-19-13-11-18(12-14-19)29-17-20-15-16-25(34-20)21-7-3-5-9-23(21)28/h3-10,15-16,18-19,29H,11-14,17H2,1-2H3,(H,30,31,32)/t18-,19+. The number of benzene rings is 2. The Kier molecular flexibility index (Phi) is 6.70. The number of hydrogen-bond donors (Lipinski definition) is 2. The number of para-hydroxylation sites is 1. The molecule has 0 aliphatic heterocycles. The molecule has 0 saturated heterocycles. The third-order valence-electron chi connectivity index (χ3n) is 6.43. The Bertz CT molecular complexity index is 1260. The molecule has 0 spiro atoms. The van der Waals surface area contributed by atoms with Crippen LogP contribution in [0.5, 0.6) is 0 Å². The highest BCUT2D eigenvalue weighted by molar-refractivity contribution is 6.33. The highest BCUT2D eigenvalue weighted by Gasteiger charge is 2.22. The molecule has 0 amide bonds. The lowest BCUT2D eigenvalue weighted by Gasteiger charge is -2.30. The third kappa shape index (κ3) is 5.03. The van der Waals surface area contributed by atoms with Gasteiger partial charge in [-0.25, -0.2) is 4.98 Å². The summed E-state index contributed by atoms with van der Waals surface area (Å²) in [4.78, 5) is 11.6. The molecule has 7 heteroatoms. The van der Waals surface area contributed by atoms with Gasteiger partial charge in [0.25, 0.3) is 0 Å². The van der Waals surface area contributed by atoms with Crippen molar-refractivity contribution < 1.29 is 4.42 Å². The number of anilines is 2. The summed E-state index contributed by atoms with van der Waals surface area (Å²) in [5.74, 6) is 3.39. The maximum absolute atomic E-state index is 6.30. The van der Waals surface area contributed by atoms with Gasteiger partial charge < -0.3 is 20.0 Å². The second kappa shape index (κ2) is 10.0. The van der Waals surface area contributed by atoms with Crippen LogP contribution in [-0.4, -0.2) is 36.1 Å². The molecule has 2 N–H and O–H groups in total. The van der Waals surface area contributed by atoms with Crippen molar-refractivity contribution in [2.75, 3.05) is 24.3 Å². The first-order valence-electron chi connectivity index (χ1n) is 11.8. The molecule has 5 rings (SSSR count). The predicted molar refractivity (Wildman–Crippen MR) is 140 cm³/mol. The van der Waals surface area contributed by atoms with Crippen molar-refractivity contribution in [3.05, 3.63) is 71.4 Å². The van der Waals surface area contributed by atoms with E-state index in [2.05, 4.69) is 16.7 Å². The Labute approximate surface area is 205 Å². The minimum Gasteiger partial charge on any atom is -0.460 e. The molecule has 6 nitrogen and oxygen atoms in total. The summed E-state index contributed by atoms with van der Waals surface area (Å²) in [6.45, 7) is 0.715. The highest BCUT2D eigenvalue weighted by atomic mass is 35.5. The molecule has 1 aliphatic rings. The van der Waals surface area contributed by atoms with E-state index in [4.69, 9.17) is 26.0 Å². The van der Waals surface area contributed by atoms with Gasteiger partial charge in [-0.3, -0.25) is 0 Å². The van der Waals surface area contributed by atoms with Crippen molar-refractivity contribution in [3.8, 4) is 11.3 Å². The SMILES string of the molecule is CN(C)c1nc(N[C@H]2CC[C@@H](NCc3ccc(-c4ccccc4Cl)o3)CC2)nc2ccccc12. The van der Waals surface area contributed by atoms with Gasteiger partial charge in [-0.15, -0.1) is 0 Å². The highest BCUT2D eigenvalue weighted by Crippen LogP contribution is 2.30. The van der Waals surface area contributed by atoms with Gasteiger partial charge in [0.2, 0.25) is 5.95 Å². The first-order valence-corrected chi connectivity index (χ1v) is 12.2. The van der Waals surface area contributed by atoms with Gasteiger partial charge in [0, 0.05) is 37.1 Å². The minimum atomic E-state index is 0.379. The summed E-state index contributed by atoms with van der Waals surface area (Å²) in [5.41, 5.74) is 1.89. The molecule has 0 bridgehead atoms. The maximum atomic E-state index is 6.30. The van der Waals surface area contributed by atoms with Crippen LogP contribution >= 0.6 is 11.6 Å². The first kappa shape index (κ1) is 22.7. The largest absolute Gasteiger partial charge is 0.460 e. The molecule has 0 radical (unpaired) electrons. The van der Waals surface area contributed by atoms with Gasteiger partial charge in [0.1, 0.15) is 17.3 Å². The summed E-state index contributed by atoms with van der Waals surface area (Å²) in [6.07, 6.45) is 4.36. The Morgan fingerprint density at radius 1 is 0.912 bits per heavy atom. The van der Waals surface area contributed by atoms with E-state index in [0.29, 0.717) is 29.6 Å². The van der Waals surface area contributed by atoms with Crippen LogP contribution in [0, 0.1) is 0 Å². The van der Waals surface area contributed by atoms with Gasteiger partial charge in [0.15, 0.2) is 0 Å². The van der Waals surface area contributed by atoms with Gasteiger partial charge >= 0.3 is 0 Å². The van der Waals surface area contributed by atoms with Crippen LogP contribution < -0.4 is 15.5 Å². The summed E-state index contributed by atoms with van der Waals surface area (Å²) in [5, 5.41) is 9.01. The van der Waals surface area contributed by atoms with Crippen LogP contribution in [0.25, 0.3) is 22.2 Å². The average molecular weight is 476 g/mol. The number of hydrogen-bond acceptors (Lipinski definition) is 6. The van der Waals surface area contributed by atoms with E-state index in [1.165, 1.54) is 0 Å². The zero-order chi connectivity index (χ0) is 23.5. The number of fused-ring (bicyclic) bond motifs is 1. The van der Waals surface area contributed by atoms with E-state index >= 15 is 0 Å². The Morgan fingerprint density at radius 2 is 1.65 bits per heavy atom. The van der Waals surface area contributed by atoms with E-state index in [1.54, 1.807) is 0 Å². The second-order valence-electron chi connectivity index (χ2n) is 9.10. The van der Waals surface area contributed by atoms with Gasteiger partial charge in [-0.05, 0) is 62.1 Å². The average Bonchev–Trinajstić information content (AvgIpc) is 3.32. The summed E-state index contributed by atoms with van der Waals surface area (Å²) < 4.78 is 6.03. The molecule has 0 atom stereocenters. The van der Waals surface area contributed by atoms with E-state index in [1.807, 2.05) is 73.6 Å². The van der Waals surface area contributed by atoms with E-state index in [0.717, 1.165) is 59.5 Å². The van der Waals surface area contributed by atoms with Crippen LogP contribution in [0.1, 0.15) is 31.4 Å². The third-order valence-corrected chi connectivity index (χ3v) is 6.76. The Hall–Kier alpha value is -3.09. The van der Waals surface area contributed by atoms with Crippen LogP contribution in [0.3, 0.4) is 0 Å². The molecule has 1 aliphatic carbocycles. The van der Waals surface area contributed by atoms with Crippen molar-refractivity contribution in [1.29, 1.82) is 0 Å². The molecule has 1 fully saturated rings. The Balaban J connectivity index is 1.15. The van der Waals surface area contributed by atoms with Crippen molar-refractivity contribution in [1.82, 2.24) is 15.3 Å². The van der Waals surface area contributed by atoms with E-state index in [-0.39, 0.29) is 0 Å². The fourth-order valence-corrected chi connectivity index (χ4v) is 4.84. The molecule has 34 heavy (non-hydrogen) atoms. The van der Waals surface area contributed by atoms with Crippen LogP contribution in [0.4, 0.5) is 11.8 Å². The van der Waals surface area contributed by atoms with E-state index in [9.17, 15) is 0 Å². The van der Waals surface area contributed by atoms with Crippen molar-refractivity contribution in [2.24, 2.45) is 0 Å². The molecular weight excluding hydrogens is 446 g/mol. The molecule has 2 heterocycles. The number of rotatable bonds is 7. The number of aromatic nitrogens is 2. The van der Waals surface area contributed by atoms with Crippen molar-refractivity contribution in [3.63, 3.8) is 0 Å². The number of nitrogens with one attached hydrogen (secondary N) is 2. The fourth-order valence-electron chi connectivity index (χ4n) is 4.61.